The number of carbonyl (C=O) groups is 1. The van der Waals surface area contributed by atoms with Crippen LogP contribution < -0.4 is 4.90 Å². The average Bonchev–Trinajstić information content (AvgIpc) is 2.39. The van der Waals surface area contributed by atoms with Gasteiger partial charge in [0.25, 0.3) is 0 Å². The van der Waals surface area contributed by atoms with Crippen LogP contribution in [0.5, 0.6) is 0 Å². The Morgan fingerprint density at radius 3 is 2.89 bits per heavy atom. The van der Waals surface area contributed by atoms with Crippen LogP contribution in [0.2, 0.25) is 0 Å². The lowest BCUT2D eigenvalue weighted by atomic mass is 9.95. The molecule has 2 rings (SSSR count). The Bertz CT molecular complexity index is 406. The van der Waals surface area contributed by atoms with Crippen molar-refractivity contribution in [2.24, 2.45) is 5.92 Å². The highest BCUT2D eigenvalue weighted by molar-refractivity contribution is 5.84. The highest BCUT2D eigenvalue weighted by Gasteiger charge is 2.20. The lowest BCUT2D eigenvalue weighted by molar-refractivity contribution is 0.0690. The third-order valence-electron chi connectivity index (χ3n) is 3.24. The van der Waals surface area contributed by atoms with Gasteiger partial charge < -0.3 is 15.1 Å². The predicted molar refractivity (Wildman–Crippen MR) is 65.6 cm³/mol. The Kier molecular flexibility index (Phi) is 4.09. The van der Waals surface area contributed by atoms with E-state index in [1.807, 2.05) is 0 Å². The first-order valence-corrected chi connectivity index (χ1v) is 6.12. The van der Waals surface area contributed by atoms with Crippen molar-refractivity contribution < 1.29 is 15.0 Å². The molecule has 6 heteroatoms. The second-order valence-electron chi connectivity index (χ2n) is 4.53. The molecule has 1 aromatic rings. The van der Waals surface area contributed by atoms with Crippen molar-refractivity contribution in [1.82, 2.24) is 9.97 Å². The van der Waals surface area contributed by atoms with Crippen LogP contribution in [-0.4, -0.2) is 45.8 Å². The molecule has 1 aromatic heterocycles. The fourth-order valence-corrected chi connectivity index (χ4v) is 2.29. The lowest BCUT2D eigenvalue weighted by Crippen LogP contribution is -2.36. The van der Waals surface area contributed by atoms with Crippen LogP contribution in [0.3, 0.4) is 0 Å². The van der Waals surface area contributed by atoms with Gasteiger partial charge in [0.1, 0.15) is 5.82 Å². The number of carboxylic acid groups (broad SMARTS) is 1. The normalized spacial score (nSPS) is 19.8. The third kappa shape index (κ3) is 2.95. The van der Waals surface area contributed by atoms with E-state index in [4.69, 9.17) is 10.2 Å². The molecule has 1 aliphatic heterocycles. The first-order chi connectivity index (χ1) is 8.70. The van der Waals surface area contributed by atoms with Crippen LogP contribution in [0.25, 0.3) is 0 Å². The second-order valence-corrected chi connectivity index (χ2v) is 4.53. The summed E-state index contributed by atoms with van der Waals surface area (Å²) in [4.78, 5) is 20.8. The van der Waals surface area contributed by atoms with Gasteiger partial charge in [-0.1, -0.05) is 0 Å². The number of piperidine rings is 1. The fraction of sp³-hybridized carbons (Fsp3) is 0.583. The van der Waals surface area contributed by atoms with E-state index >= 15 is 0 Å². The molecule has 1 unspecified atom stereocenters. The Morgan fingerprint density at radius 2 is 2.28 bits per heavy atom. The minimum absolute atomic E-state index is 0.0392. The highest BCUT2D eigenvalue weighted by Crippen LogP contribution is 2.22. The van der Waals surface area contributed by atoms with Crippen molar-refractivity contribution in [3.63, 3.8) is 0 Å². The van der Waals surface area contributed by atoms with Gasteiger partial charge in [-0.2, -0.15) is 0 Å². The SMILES string of the molecule is O=C(O)c1cnc(N2CCCC(CCO)C2)cn1. The van der Waals surface area contributed by atoms with Crippen molar-refractivity contribution in [3.05, 3.63) is 18.1 Å². The van der Waals surface area contributed by atoms with Crippen molar-refractivity contribution >= 4 is 11.8 Å². The number of hydrogen-bond donors (Lipinski definition) is 2. The number of aliphatic hydroxyl groups excluding tert-OH is 1. The lowest BCUT2D eigenvalue weighted by Gasteiger charge is -2.33. The van der Waals surface area contributed by atoms with E-state index in [0.29, 0.717) is 11.7 Å². The summed E-state index contributed by atoms with van der Waals surface area (Å²) < 4.78 is 0. The summed E-state index contributed by atoms with van der Waals surface area (Å²) in [5, 5.41) is 17.7. The molecule has 0 radical (unpaired) electrons. The number of carboxylic acids is 1. The predicted octanol–water partition coefficient (Wildman–Crippen LogP) is 0.774. The van der Waals surface area contributed by atoms with E-state index < -0.39 is 5.97 Å². The highest BCUT2D eigenvalue weighted by atomic mass is 16.4. The van der Waals surface area contributed by atoms with Crippen molar-refractivity contribution in [3.8, 4) is 0 Å². The largest absolute Gasteiger partial charge is 0.476 e. The quantitative estimate of drug-likeness (QED) is 0.822. The summed E-state index contributed by atoms with van der Waals surface area (Å²) in [5.74, 6) is 0.123. The van der Waals surface area contributed by atoms with Crippen LogP contribution in [0, 0.1) is 5.92 Å². The summed E-state index contributed by atoms with van der Waals surface area (Å²) in [6.07, 6.45) is 5.78. The maximum absolute atomic E-state index is 10.7. The number of anilines is 1. The van der Waals surface area contributed by atoms with Crippen LogP contribution in [0.4, 0.5) is 5.82 Å². The van der Waals surface area contributed by atoms with E-state index in [2.05, 4.69) is 14.9 Å². The van der Waals surface area contributed by atoms with E-state index in [1.165, 1.54) is 12.4 Å². The molecule has 1 fully saturated rings. The number of nitrogens with zero attached hydrogens (tertiary/aromatic N) is 3. The molecule has 18 heavy (non-hydrogen) atoms. The molecule has 1 saturated heterocycles. The van der Waals surface area contributed by atoms with Crippen LogP contribution in [-0.2, 0) is 0 Å². The maximum Gasteiger partial charge on any atom is 0.356 e. The molecule has 0 aliphatic carbocycles. The summed E-state index contributed by atoms with van der Waals surface area (Å²) in [6.45, 7) is 1.97. The Morgan fingerprint density at radius 1 is 1.44 bits per heavy atom. The van der Waals surface area contributed by atoms with Crippen LogP contribution in [0.15, 0.2) is 12.4 Å². The first kappa shape index (κ1) is 12.8. The van der Waals surface area contributed by atoms with Crippen molar-refractivity contribution in [2.75, 3.05) is 24.6 Å². The molecule has 2 N–H and O–H groups in total. The van der Waals surface area contributed by atoms with E-state index in [0.717, 1.165) is 32.4 Å². The standard InChI is InChI=1S/C12H17N3O3/c16-5-3-9-2-1-4-15(8-9)11-7-13-10(6-14-11)12(17)18/h6-7,9,16H,1-5,8H2,(H,17,18). The van der Waals surface area contributed by atoms with Gasteiger partial charge in [0.05, 0.1) is 12.4 Å². The smallest absolute Gasteiger partial charge is 0.356 e. The molecular formula is C12H17N3O3. The number of hydrogen-bond acceptors (Lipinski definition) is 5. The Hall–Kier alpha value is -1.69. The summed E-state index contributed by atoms with van der Waals surface area (Å²) in [7, 11) is 0. The summed E-state index contributed by atoms with van der Waals surface area (Å²) >= 11 is 0. The van der Waals surface area contributed by atoms with E-state index in [9.17, 15) is 4.79 Å². The molecule has 0 bridgehead atoms. The number of aromatic carboxylic acids is 1. The number of aromatic nitrogens is 2. The average molecular weight is 251 g/mol. The fourth-order valence-electron chi connectivity index (χ4n) is 2.29. The van der Waals surface area contributed by atoms with E-state index in [-0.39, 0.29) is 12.3 Å². The first-order valence-electron chi connectivity index (χ1n) is 6.12. The zero-order chi connectivity index (χ0) is 13.0. The van der Waals surface area contributed by atoms with Gasteiger partial charge >= 0.3 is 5.97 Å². The number of aliphatic hydroxyl groups is 1. The minimum atomic E-state index is -1.06. The van der Waals surface area contributed by atoms with Gasteiger partial charge in [0.15, 0.2) is 5.69 Å². The second kappa shape index (κ2) is 5.77. The summed E-state index contributed by atoms with van der Waals surface area (Å²) in [6, 6.07) is 0. The summed E-state index contributed by atoms with van der Waals surface area (Å²) in [5.41, 5.74) is -0.0392. The Labute approximate surface area is 105 Å². The maximum atomic E-state index is 10.7. The Balaban J connectivity index is 2.04. The van der Waals surface area contributed by atoms with Crippen molar-refractivity contribution in [2.45, 2.75) is 19.3 Å². The molecule has 1 atom stereocenters. The molecule has 0 aromatic carbocycles. The zero-order valence-corrected chi connectivity index (χ0v) is 10.1. The molecule has 98 valence electrons. The molecular weight excluding hydrogens is 234 g/mol. The van der Waals surface area contributed by atoms with Gasteiger partial charge in [-0.15, -0.1) is 0 Å². The minimum Gasteiger partial charge on any atom is -0.476 e. The van der Waals surface area contributed by atoms with Crippen LogP contribution in [0.1, 0.15) is 29.8 Å². The number of rotatable bonds is 4. The van der Waals surface area contributed by atoms with Gasteiger partial charge in [-0.3, -0.25) is 0 Å². The molecule has 0 saturated carbocycles. The monoisotopic (exact) mass is 251 g/mol. The molecule has 6 nitrogen and oxygen atoms in total. The zero-order valence-electron chi connectivity index (χ0n) is 10.1. The molecule has 1 aliphatic rings. The molecule has 0 amide bonds. The van der Waals surface area contributed by atoms with Crippen molar-refractivity contribution in [1.29, 1.82) is 0 Å². The van der Waals surface area contributed by atoms with E-state index in [1.54, 1.807) is 0 Å². The van der Waals surface area contributed by atoms with Crippen LogP contribution >= 0.6 is 0 Å². The van der Waals surface area contributed by atoms with Gasteiger partial charge in [-0.05, 0) is 25.2 Å². The topological polar surface area (TPSA) is 86.5 Å². The third-order valence-corrected chi connectivity index (χ3v) is 3.24. The van der Waals surface area contributed by atoms with Gasteiger partial charge in [-0.25, -0.2) is 14.8 Å². The van der Waals surface area contributed by atoms with Gasteiger partial charge in [0, 0.05) is 19.7 Å². The molecule has 2 heterocycles. The van der Waals surface area contributed by atoms with Gasteiger partial charge in [0.2, 0.25) is 0 Å². The molecule has 0 spiro atoms.